The first kappa shape index (κ1) is 20.3. The van der Waals surface area contributed by atoms with E-state index in [2.05, 4.69) is 15.5 Å². The first-order chi connectivity index (χ1) is 14.4. The van der Waals surface area contributed by atoms with E-state index < -0.39 is 0 Å². The quantitative estimate of drug-likeness (QED) is 0.451. The number of carbonyl (C=O) groups excluding carboxylic acids is 1. The monoisotopic (exact) mass is 425 g/mol. The third kappa shape index (κ3) is 4.28. The first-order valence-corrected chi connectivity index (χ1v) is 10.7. The van der Waals surface area contributed by atoms with Crippen molar-refractivity contribution in [3.63, 3.8) is 0 Å². The summed E-state index contributed by atoms with van der Waals surface area (Å²) in [5.74, 6) is -0.328. The molecule has 6 nitrogen and oxygen atoms in total. The molecule has 156 valence electrons. The summed E-state index contributed by atoms with van der Waals surface area (Å²) in [7, 11) is 0. The molecule has 1 aromatic carbocycles. The summed E-state index contributed by atoms with van der Waals surface area (Å²) in [5, 5.41) is 13.0. The maximum absolute atomic E-state index is 13.1. The fourth-order valence-corrected chi connectivity index (χ4v) is 4.59. The number of nitrogens with zero attached hydrogens (tertiary/aromatic N) is 4. The highest BCUT2D eigenvalue weighted by Gasteiger charge is 2.16. The molecule has 3 heterocycles. The molecule has 0 atom stereocenters. The number of aromatic nitrogens is 4. The maximum Gasteiger partial charge on any atom is 0.261 e. The third-order valence-corrected chi connectivity index (χ3v) is 6.16. The molecule has 4 rings (SSSR count). The Morgan fingerprint density at radius 3 is 2.57 bits per heavy atom. The molecule has 0 saturated carbocycles. The number of nitrogens with one attached hydrogen (secondary N) is 1. The number of benzene rings is 1. The van der Waals surface area contributed by atoms with E-state index in [-0.39, 0.29) is 11.7 Å². The molecule has 30 heavy (non-hydrogen) atoms. The molecule has 0 fully saturated rings. The van der Waals surface area contributed by atoms with E-state index in [1.165, 1.54) is 23.5 Å². The van der Waals surface area contributed by atoms with Crippen LogP contribution in [-0.4, -0.2) is 32.0 Å². The lowest BCUT2D eigenvalue weighted by Crippen LogP contribution is -2.24. The van der Waals surface area contributed by atoms with Crippen LogP contribution in [0, 0.1) is 26.6 Å². The van der Waals surface area contributed by atoms with Gasteiger partial charge in [-0.3, -0.25) is 14.2 Å². The van der Waals surface area contributed by atoms with Crippen LogP contribution in [0.25, 0.3) is 10.2 Å². The predicted octanol–water partition coefficient (Wildman–Crippen LogP) is 4.23. The first-order valence-electron chi connectivity index (χ1n) is 9.91. The standard InChI is InChI=1S/C22H24FN5OS/c1-14-11-15(2)27(25-14)10-4-9-24-21(29)20-12-19-16(3)26-28(22(19)30-20)13-17-5-7-18(23)8-6-17/h5-8,11-12H,4,9-10,13H2,1-3H3,(H,24,29). The molecular formula is C22H24FN5OS. The summed E-state index contributed by atoms with van der Waals surface area (Å²) in [4.78, 5) is 14.2. The largest absolute Gasteiger partial charge is 0.351 e. The van der Waals surface area contributed by atoms with Gasteiger partial charge in [-0.15, -0.1) is 11.3 Å². The van der Waals surface area contributed by atoms with Gasteiger partial charge in [-0.05, 0) is 57.0 Å². The van der Waals surface area contributed by atoms with Crippen molar-refractivity contribution in [2.45, 2.75) is 40.3 Å². The van der Waals surface area contributed by atoms with E-state index in [0.29, 0.717) is 18.0 Å². The minimum Gasteiger partial charge on any atom is -0.351 e. The molecule has 3 aromatic heterocycles. The number of thiophene rings is 1. The van der Waals surface area contributed by atoms with E-state index in [4.69, 9.17) is 0 Å². The van der Waals surface area contributed by atoms with Crippen LogP contribution < -0.4 is 5.32 Å². The lowest BCUT2D eigenvalue weighted by molar-refractivity contribution is 0.0956. The molecule has 0 saturated heterocycles. The van der Waals surface area contributed by atoms with Crippen LogP contribution in [-0.2, 0) is 13.1 Å². The Kier molecular flexibility index (Phi) is 5.67. The van der Waals surface area contributed by atoms with E-state index in [0.717, 1.165) is 45.8 Å². The van der Waals surface area contributed by atoms with Crippen molar-refractivity contribution in [3.05, 3.63) is 69.7 Å². The van der Waals surface area contributed by atoms with Crippen molar-refractivity contribution in [1.29, 1.82) is 0 Å². The van der Waals surface area contributed by atoms with Gasteiger partial charge in [0, 0.05) is 24.2 Å². The number of carbonyl (C=O) groups is 1. The summed E-state index contributed by atoms with van der Waals surface area (Å²) < 4.78 is 17.0. The molecule has 0 aliphatic heterocycles. The zero-order chi connectivity index (χ0) is 21.3. The van der Waals surface area contributed by atoms with Crippen molar-refractivity contribution in [3.8, 4) is 0 Å². The van der Waals surface area contributed by atoms with Gasteiger partial charge in [0.2, 0.25) is 0 Å². The van der Waals surface area contributed by atoms with Crippen LogP contribution in [0.1, 0.15) is 38.7 Å². The van der Waals surface area contributed by atoms with Gasteiger partial charge in [-0.2, -0.15) is 10.2 Å². The second kappa shape index (κ2) is 8.39. The topological polar surface area (TPSA) is 64.7 Å². The Labute approximate surface area is 178 Å². The van der Waals surface area contributed by atoms with Crippen LogP contribution in [0.2, 0.25) is 0 Å². The predicted molar refractivity (Wildman–Crippen MR) is 117 cm³/mol. The number of rotatable bonds is 7. The summed E-state index contributed by atoms with van der Waals surface area (Å²) in [6.07, 6.45) is 0.815. The molecule has 0 bridgehead atoms. The van der Waals surface area contributed by atoms with Gasteiger partial charge in [-0.25, -0.2) is 4.39 Å². The molecule has 0 spiro atoms. The van der Waals surface area contributed by atoms with Crippen molar-refractivity contribution >= 4 is 27.5 Å². The lowest BCUT2D eigenvalue weighted by atomic mass is 10.2. The smallest absolute Gasteiger partial charge is 0.261 e. The Morgan fingerprint density at radius 1 is 1.10 bits per heavy atom. The molecule has 8 heteroatoms. The number of hydrogen-bond acceptors (Lipinski definition) is 4. The van der Waals surface area contributed by atoms with E-state index >= 15 is 0 Å². The molecule has 0 aliphatic rings. The van der Waals surface area contributed by atoms with Gasteiger partial charge in [0.05, 0.1) is 22.8 Å². The van der Waals surface area contributed by atoms with Gasteiger partial charge in [-0.1, -0.05) is 12.1 Å². The minimum atomic E-state index is -0.256. The van der Waals surface area contributed by atoms with Gasteiger partial charge in [0.25, 0.3) is 5.91 Å². The van der Waals surface area contributed by atoms with Crippen molar-refractivity contribution in [2.75, 3.05) is 6.54 Å². The fraction of sp³-hybridized carbons (Fsp3) is 0.318. The van der Waals surface area contributed by atoms with E-state index in [1.54, 1.807) is 12.1 Å². The number of hydrogen-bond donors (Lipinski definition) is 1. The maximum atomic E-state index is 13.1. The second-order valence-electron chi connectivity index (χ2n) is 7.46. The van der Waals surface area contributed by atoms with Crippen LogP contribution in [0.4, 0.5) is 4.39 Å². The zero-order valence-corrected chi connectivity index (χ0v) is 18.1. The van der Waals surface area contributed by atoms with Crippen LogP contribution >= 0.6 is 11.3 Å². The number of aryl methyl sites for hydroxylation is 4. The summed E-state index contributed by atoms with van der Waals surface area (Å²) in [5.41, 5.74) is 3.98. The Hall–Kier alpha value is -3.00. The zero-order valence-electron chi connectivity index (χ0n) is 17.3. The van der Waals surface area contributed by atoms with Gasteiger partial charge in [0.1, 0.15) is 10.6 Å². The number of amides is 1. The summed E-state index contributed by atoms with van der Waals surface area (Å²) in [6.45, 7) is 7.85. The highest BCUT2D eigenvalue weighted by atomic mass is 32.1. The van der Waals surface area contributed by atoms with Crippen molar-refractivity contribution in [1.82, 2.24) is 24.9 Å². The highest BCUT2D eigenvalue weighted by molar-refractivity contribution is 7.20. The SMILES string of the molecule is Cc1cc(C)n(CCCNC(=O)c2cc3c(C)nn(Cc4ccc(F)cc4)c3s2)n1. The van der Waals surface area contributed by atoms with Crippen molar-refractivity contribution < 1.29 is 9.18 Å². The van der Waals surface area contributed by atoms with Gasteiger partial charge < -0.3 is 5.32 Å². The molecule has 0 unspecified atom stereocenters. The molecular weight excluding hydrogens is 401 g/mol. The molecule has 0 aliphatic carbocycles. The Balaban J connectivity index is 1.40. The minimum absolute atomic E-state index is 0.0719. The number of fused-ring (bicyclic) bond motifs is 1. The average molecular weight is 426 g/mol. The van der Waals surface area contributed by atoms with Crippen LogP contribution in [0.5, 0.6) is 0 Å². The molecule has 1 N–H and O–H groups in total. The molecule has 4 aromatic rings. The van der Waals surface area contributed by atoms with Crippen LogP contribution in [0.3, 0.4) is 0 Å². The van der Waals surface area contributed by atoms with Gasteiger partial charge >= 0.3 is 0 Å². The van der Waals surface area contributed by atoms with E-state index in [9.17, 15) is 9.18 Å². The van der Waals surface area contributed by atoms with Crippen LogP contribution in [0.15, 0.2) is 36.4 Å². The fourth-order valence-electron chi connectivity index (χ4n) is 3.51. The number of halogens is 1. The summed E-state index contributed by atoms with van der Waals surface area (Å²) in [6, 6.07) is 10.3. The molecule has 1 amide bonds. The van der Waals surface area contributed by atoms with E-state index in [1.807, 2.05) is 42.3 Å². The highest BCUT2D eigenvalue weighted by Crippen LogP contribution is 2.29. The molecule has 0 radical (unpaired) electrons. The Bertz CT molecular complexity index is 1190. The third-order valence-electron chi connectivity index (χ3n) is 5.01. The Morgan fingerprint density at radius 2 is 1.87 bits per heavy atom. The van der Waals surface area contributed by atoms with Crippen molar-refractivity contribution in [2.24, 2.45) is 0 Å². The second-order valence-corrected chi connectivity index (χ2v) is 8.49. The van der Waals surface area contributed by atoms with Gasteiger partial charge in [0.15, 0.2) is 0 Å². The lowest BCUT2D eigenvalue weighted by Gasteiger charge is -2.06. The normalized spacial score (nSPS) is 11.3. The summed E-state index contributed by atoms with van der Waals surface area (Å²) >= 11 is 1.43. The average Bonchev–Trinajstić information content (AvgIpc) is 3.36.